The van der Waals surface area contributed by atoms with Gasteiger partial charge < -0.3 is 22.1 Å². The molecule has 0 rings (SSSR count). The van der Waals surface area contributed by atoms with Gasteiger partial charge in [0.25, 0.3) is 0 Å². The van der Waals surface area contributed by atoms with Gasteiger partial charge in [0.1, 0.15) is 5.54 Å². The Morgan fingerprint density at radius 2 is 2.00 bits per heavy atom. The van der Waals surface area contributed by atoms with Crippen molar-refractivity contribution in [2.45, 2.75) is 25.3 Å². The highest BCUT2D eigenvalue weighted by molar-refractivity contribution is 5.85. The van der Waals surface area contributed by atoms with E-state index in [0.29, 0.717) is 19.4 Å². The molecule has 0 fully saturated rings. The van der Waals surface area contributed by atoms with Crippen LogP contribution in [0.3, 0.4) is 0 Å². The Morgan fingerprint density at radius 3 is 2.25 bits per heavy atom. The molecule has 0 spiro atoms. The smallest absolute Gasteiger partial charge is 0.323 e. The largest absolute Gasteiger partial charge is 0.480 e. The standard InChI is InChI=1S/C6H14N2O2.ClH.H2O/c1-6(8,5(9)10)3-2-4-7;;/h2-4,7-8H2,1H3,(H,9,10);1H;1H2/t6-;;/m1../s1. The number of carboxylic acids is 1. The van der Waals surface area contributed by atoms with Gasteiger partial charge in [-0.25, -0.2) is 0 Å². The van der Waals surface area contributed by atoms with E-state index < -0.39 is 11.5 Å². The molecule has 0 aliphatic rings. The molecule has 0 aromatic carbocycles. The van der Waals surface area contributed by atoms with E-state index in [1.165, 1.54) is 6.92 Å². The Balaban J connectivity index is -0.000000405. The molecule has 0 aliphatic carbocycles. The number of nitrogens with two attached hydrogens (primary N) is 2. The van der Waals surface area contributed by atoms with E-state index in [1.807, 2.05) is 0 Å². The van der Waals surface area contributed by atoms with Crippen molar-refractivity contribution in [3.63, 3.8) is 0 Å². The normalized spacial score (nSPS) is 13.6. The van der Waals surface area contributed by atoms with Crippen molar-refractivity contribution < 1.29 is 15.4 Å². The van der Waals surface area contributed by atoms with Crippen LogP contribution >= 0.6 is 12.4 Å². The Morgan fingerprint density at radius 1 is 1.58 bits per heavy atom. The zero-order valence-electron chi connectivity index (χ0n) is 7.04. The Bertz CT molecular complexity index is 130. The number of aliphatic carboxylic acids is 1. The third-order valence-corrected chi connectivity index (χ3v) is 1.39. The van der Waals surface area contributed by atoms with Crippen LogP contribution in [0, 0.1) is 0 Å². The summed E-state index contributed by atoms with van der Waals surface area (Å²) in [5.74, 6) is -0.971. The second-order valence-corrected chi connectivity index (χ2v) is 2.61. The molecule has 6 heteroatoms. The maximum Gasteiger partial charge on any atom is 0.323 e. The summed E-state index contributed by atoms with van der Waals surface area (Å²) in [6.07, 6.45) is 1.08. The zero-order valence-corrected chi connectivity index (χ0v) is 7.86. The lowest BCUT2D eigenvalue weighted by molar-refractivity contribution is -0.142. The molecule has 0 aliphatic heterocycles. The quantitative estimate of drug-likeness (QED) is 0.546. The average molecular weight is 201 g/mol. The Kier molecular flexibility index (Phi) is 10.7. The van der Waals surface area contributed by atoms with Crippen LogP contribution in [-0.4, -0.2) is 28.6 Å². The number of halogens is 1. The summed E-state index contributed by atoms with van der Waals surface area (Å²) in [5, 5.41) is 8.50. The fourth-order valence-electron chi connectivity index (χ4n) is 0.576. The molecular formula is C6H17ClN2O3. The maximum atomic E-state index is 10.4. The lowest BCUT2D eigenvalue weighted by Gasteiger charge is -2.17. The van der Waals surface area contributed by atoms with E-state index >= 15 is 0 Å². The van der Waals surface area contributed by atoms with Crippen LogP contribution in [0.4, 0.5) is 0 Å². The molecule has 0 amide bonds. The highest BCUT2D eigenvalue weighted by Gasteiger charge is 2.26. The van der Waals surface area contributed by atoms with Gasteiger partial charge in [-0.15, -0.1) is 12.4 Å². The highest BCUT2D eigenvalue weighted by Crippen LogP contribution is 2.07. The molecule has 0 bridgehead atoms. The molecule has 0 heterocycles. The molecule has 0 saturated heterocycles. The monoisotopic (exact) mass is 200 g/mol. The lowest BCUT2D eigenvalue weighted by atomic mass is 9.98. The van der Waals surface area contributed by atoms with Crippen molar-refractivity contribution in [2.24, 2.45) is 11.5 Å². The fourth-order valence-corrected chi connectivity index (χ4v) is 0.576. The second-order valence-electron chi connectivity index (χ2n) is 2.61. The minimum atomic E-state index is -1.11. The van der Waals surface area contributed by atoms with Crippen LogP contribution in [0.25, 0.3) is 0 Å². The van der Waals surface area contributed by atoms with Crippen molar-refractivity contribution in [3.05, 3.63) is 0 Å². The van der Waals surface area contributed by atoms with Crippen LogP contribution in [0.2, 0.25) is 0 Å². The average Bonchev–Trinajstić information content (AvgIpc) is 1.84. The van der Waals surface area contributed by atoms with Crippen molar-refractivity contribution in [2.75, 3.05) is 6.54 Å². The van der Waals surface area contributed by atoms with E-state index in [2.05, 4.69) is 0 Å². The predicted octanol–water partition coefficient (Wildman–Crippen LogP) is -0.876. The summed E-state index contributed by atoms with van der Waals surface area (Å²) in [6, 6.07) is 0. The Hall–Kier alpha value is -0.360. The van der Waals surface area contributed by atoms with E-state index in [9.17, 15) is 4.79 Å². The lowest BCUT2D eigenvalue weighted by Crippen LogP contribution is -2.45. The van der Waals surface area contributed by atoms with Crippen LogP contribution < -0.4 is 11.5 Å². The molecule has 5 nitrogen and oxygen atoms in total. The molecule has 76 valence electrons. The predicted molar refractivity (Wildman–Crippen MR) is 49.4 cm³/mol. The number of carboxylic acid groups (broad SMARTS) is 1. The zero-order chi connectivity index (χ0) is 8.20. The Labute approximate surface area is 77.8 Å². The van der Waals surface area contributed by atoms with E-state index in [0.717, 1.165) is 0 Å². The van der Waals surface area contributed by atoms with Gasteiger partial charge in [0.2, 0.25) is 0 Å². The summed E-state index contributed by atoms with van der Waals surface area (Å²) in [5.41, 5.74) is 9.47. The summed E-state index contributed by atoms with van der Waals surface area (Å²) < 4.78 is 0. The molecule has 0 unspecified atom stereocenters. The minimum absolute atomic E-state index is 0. The highest BCUT2D eigenvalue weighted by atomic mass is 35.5. The number of hydrogen-bond acceptors (Lipinski definition) is 3. The van der Waals surface area contributed by atoms with Gasteiger partial charge in [-0.2, -0.15) is 0 Å². The molecule has 0 aromatic rings. The second kappa shape index (κ2) is 7.30. The van der Waals surface area contributed by atoms with Gasteiger partial charge in [0.05, 0.1) is 0 Å². The first-order chi connectivity index (χ1) is 4.50. The van der Waals surface area contributed by atoms with Gasteiger partial charge in [-0.05, 0) is 26.3 Å². The molecule has 0 aromatic heterocycles. The first-order valence-electron chi connectivity index (χ1n) is 3.23. The number of carbonyl (C=O) groups is 1. The van der Waals surface area contributed by atoms with Gasteiger partial charge in [0, 0.05) is 0 Å². The van der Waals surface area contributed by atoms with E-state index in [-0.39, 0.29) is 17.9 Å². The topological polar surface area (TPSA) is 121 Å². The third kappa shape index (κ3) is 6.36. The van der Waals surface area contributed by atoms with Crippen molar-refractivity contribution in [3.8, 4) is 0 Å². The van der Waals surface area contributed by atoms with Crippen LogP contribution in [0.1, 0.15) is 19.8 Å². The van der Waals surface area contributed by atoms with Gasteiger partial charge in [-0.1, -0.05) is 0 Å². The van der Waals surface area contributed by atoms with Crippen molar-refractivity contribution >= 4 is 18.4 Å². The molecule has 0 saturated carbocycles. The van der Waals surface area contributed by atoms with Gasteiger partial charge in [0.15, 0.2) is 0 Å². The first-order valence-corrected chi connectivity index (χ1v) is 3.23. The van der Waals surface area contributed by atoms with E-state index in [1.54, 1.807) is 0 Å². The summed E-state index contributed by atoms with van der Waals surface area (Å²) >= 11 is 0. The SMILES string of the molecule is C[C@@](N)(CCCN)C(=O)O.Cl.O. The van der Waals surface area contributed by atoms with Crippen LogP contribution in [0.15, 0.2) is 0 Å². The molecular weight excluding hydrogens is 184 g/mol. The van der Waals surface area contributed by atoms with Gasteiger partial charge in [-0.3, -0.25) is 4.79 Å². The van der Waals surface area contributed by atoms with Crippen molar-refractivity contribution in [1.29, 1.82) is 0 Å². The summed E-state index contributed by atoms with van der Waals surface area (Å²) in [4.78, 5) is 10.4. The summed E-state index contributed by atoms with van der Waals surface area (Å²) in [7, 11) is 0. The van der Waals surface area contributed by atoms with Gasteiger partial charge >= 0.3 is 5.97 Å². The minimum Gasteiger partial charge on any atom is -0.480 e. The number of rotatable bonds is 4. The molecule has 12 heavy (non-hydrogen) atoms. The third-order valence-electron chi connectivity index (χ3n) is 1.39. The fraction of sp³-hybridized carbons (Fsp3) is 0.833. The maximum absolute atomic E-state index is 10.4. The van der Waals surface area contributed by atoms with Crippen LogP contribution in [-0.2, 0) is 4.79 Å². The van der Waals surface area contributed by atoms with Crippen molar-refractivity contribution in [1.82, 2.24) is 0 Å². The van der Waals surface area contributed by atoms with Crippen LogP contribution in [0.5, 0.6) is 0 Å². The first kappa shape index (κ1) is 17.7. The molecule has 0 radical (unpaired) electrons. The number of hydrogen-bond donors (Lipinski definition) is 3. The summed E-state index contributed by atoms with van der Waals surface area (Å²) in [6.45, 7) is 1.98. The molecule has 1 atom stereocenters. The molecule has 7 N–H and O–H groups in total. The van der Waals surface area contributed by atoms with E-state index in [4.69, 9.17) is 16.6 Å².